The monoisotopic (exact) mass is 389 g/mol. The van der Waals surface area contributed by atoms with E-state index in [2.05, 4.69) is 5.32 Å². The van der Waals surface area contributed by atoms with E-state index in [0.29, 0.717) is 22.9 Å². The van der Waals surface area contributed by atoms with Crippen LogP contribution in [-0.4, -0.2) is 17.6 Å². The molecule has 2 aromatic carbocycles. The maximum absolute atomic E-state index is 11.1. The molecule has 134 valence electrons. The van der Waals surface area contributed by atoms with Crippen molar-refractivity contribution in [1.82, 2.24) is 5.32 Å². The van der Waals surface area contributed by atoms with Crippen molar-refractivity contribution >= 4 is 29.2 Å². The van der Waals surface area contributed by atoms with E-state index < -0.39 is 5.97 Å². The third-order valence-electron chi connectivity index (χ3n) is 3.94. The molecule has 0 aliphatic rings. The van der Waals surface area contributed by atoms with Crippen molar-refractivity contribution in [3.8, 4) is 11.3 Å². The molecule has 0 unspecified atom stereocenters. The molecule has 26 heavy (non-hydrogen) atoms. The van der Waals surface area contributed by atoms with Crippen LogP contribution in [0.25, 0.3) is 11.3 Å². The van der Waals surface area contributed by atoms with Crippen molar-refractivity contribution in [2.24, 2.45) is 0 Å². The van der Waals surface area contributed by atoms with Gasteiger partial charge in [0.2, 0.25) is 0 Å². The first-order valence-corrected chi connectivity index (χ1v) is 8.85. The van der Waals surface area contributed by atoms with Gasteiger partial charge in [0, 0.05) is 10.6 Å². The highest BCUT2D eigenvalue weighted by atomic mass is 35.5. The van der Waals surface area contributed by atoms with Crippen molar-refractivity contribution < 1.29 is 14.3 Å². The lowest BCUT2D eigenvalue weighted by Crippen LogP contribution is -2.16. The molecular weight excluding hydrogens is 373 g/mol. The molecule has 2 N–H and O–H groups in total. The predicted molar refractivity (Wildman–Crippen MR) is 103 cm³/mol. The Kier molecular flexibility index (Phi) is 5.99. The maximum Gasteiger partial charge on any atom is 0.335 e. The van der Waals surface area contributed by atoms with Gasteiger partial charge in [0.15, 0.2) is 0 Å². The van der Waals surface area contributed by atoms with Crippen LogP contribution in [0.15, 0.2) is 59.0 Å². The highest BCUT2D eigenvalue weighted by Crippen LogP contribution is 2.30. The predicted octanol–water partition coefficient (Wildman–Crippen LogP) is 5.28. The van der Waals surface area contributed by atoms with Gasteiger partial charge >= 0.3 is 5.97 Å². The lowest BCUT2D eigenvalue weighted by atomic mass is 10.1. The van der Waals surface area contributed by atoms with Gasteiger partial charge in [-0.3, -0.25) is 0 Å². The number of hydrogen-bond donors (Lipinski definition) is 2. The molecule has 4 nitrogen and oxygen atoms in total. The number of furan rings is 1. The van der Waals surface area contributed by atoms with Gasteiger partial charge in [-0.05, 0) is 61.0 Å². The first kappa shape index (κ1) is 18.5. The molecule has 0 amide bonds. The summed E-state index contributed by atoms with van der Waals surface area (Å²) < 4.78 is 5.80. The second-order valence-corrected chi connectivity index (χ2v) is 6.66. The molecule has 0 fully saturated rings. The van der Waals surface area contributed by atoms with Crippen LogP contribution in [0.3, 0.4) is 0 Å². The number of nitrogens with one attached hydrogen (secondary N) is 1. The van der Waals surface area contributed by atoms with Crippen molar-refractivity contribution in [3.05, 3.63) is 81.5 Å². The molecule has 1 aromatic heterocycles. The fraction of sp³-hybridized carbons (Fsp3) is 0.150. The Morgan fingerprint density at radius 1 is 1.04 bits per heavy atom. The van der Waals surface area contributed by atoms with Crippen molar-refractivity contribution in [1.29, 1.82) is 0 Å². The average molecular weight is 390 g/mol. The van der Waals surface area contributed by atoms with E-state index >= 15 is 0 Å². The summed E-state index contributed by atoms with van der Waals surface area (Å²) >= 11 is 12.0. The van der Waals surface area contributed by atoms with Gasteiger partial charge in [0.25, 0.3) is 0 Å². The molecule has 3 aromatic rings. The Bertz CT molecular complexity index is 904. The van der Waals surface area contributed by atoms with Crippen LogP contribution in [0.2, 0.25) is 10.0 Å². The lowest BCUT2D eigenvalue weighted by molar-refractivity contribution is 0.0697. The standard InChI is InChI=1S/C20H17Cl2NO3/c21-15-4-1-13(2-5-15)9-10-23-12-16-6-8-19(26-16)17-11-14(20(24)25)3-7-18(17)22/h1-8,11,23H,9-10,12H2,(H,24,25). The third kappa shape index (κ3) is 4.67. The molecule has 0 radical (unpaired) electrons. The Hall–Kier alpha value is -2.27. The first-order chi connectivity index (χ1) is 12.5. The van der Waals surface area contributed by atoms with Crippen LogP contribution < -0.4 is 5.32 Å². The molecule has 0 aliphatic carbocycles. The molecule has 0 atom stereocenters. The Morgan fingerprint density at radius 2 is 1.81 bits per heavy atom. The van der Waals surface area contributed by atoms with Gasteiger partial charge in [0.1, 0.15) is 11.5 Å². The zero-order valence-corrected chi connectivity index (χ0v) is 15.3. The van der Waals surface area contributed by atoms with E-state index in [9.17, 15) is 4.79 Å². The van der Waals surface area contributed by atoms with Crippen LogP contribution in [0, 0.1) is 0 Å². The molecule has 0 bridgehead atoms. The summed E-state index contributed by atoms with van der Waals surface area (Å²) in [5.41, 5.74) is 1.95. The molecular formula is C20H17Cl2NO3. The lowest BCUT2D eigenvalue weighted by Gasteiger charge is -2.05. The Morgan fingerprint density at radius 3 is 2.54 bits per heavy atom. The van der Waals surface area contributed by atoms with Crippen LogP contribution >= 0.6 is 23.2 Å². The SMILES string of the molecule is O=C(O)c1ccc(Cl)c(-c2ccc(CNCCc3ccc(Cl)cc3)o2)c1. The minimum absolute atomic E-state index is 0.170. The molecule has 1 heterocycles. The zero-order chi connectivity index (χ0) is 18.5. The molecule has 0 spiro atoms. The van der Waals surface area contributed by atoms with Crippen LogP contribution in [0.5, 0.6) is 0 Å². The summed E-state index contributed by atoms with van der Waals surface area (Å²) in [4.78, 5) is 11.1. The van der Waals surface area contributed by atoms with E-state index in [-0.39, 0.29) is 5.56 Å². The van der Waals surface area contributed by atoms with E-state index in [4.69, 9.17) is 32.7 Å². The largest absolute Gasteiger partial charge is 0.478 e. The summed E-state index contributed by atoms with van der Waals surface area (Å²) in [6.45, 7) is 1.37. The minimum atomic E-state index is -1.00. The Balaban J connectivity index is 1.59. The normalized spacial score (nSPS) is 10.8. The summed E-state index contributed by atoms with van der Waals surface area (Å²) in [6, 6.07) is 16.0. The van der Waals surface area contributed by atoms with E-state index in [1.807, 2.05) is 30.3 Å². The van der Waals surface area contributed by atoms with Crippen LogP contribution in [-0.2, 0) is 13.0 Å². The first-order valence-electron chi connectivity index (χ1n) is 8.10. The topological polar surface area (TPSA) is 62.5 Å². The highest BCUT2D eigenvalue weighted by Gasteiger charge is 2.12. The number of benzene rings is 2. The van der Waals surface area contributed by atoms with Crippen molar-refractivity contribution in [2.45, 2.75) is 13.0 Å². The van der Waals surface area contributed by atoms with Gasteiger partial charge in [0.05, 0.1) is 17.1 Å². The maximum atomic E-state index is 11.1. The summed E-state index contributed by atoms with van der Waals surface area (Å²) in [7, 11) is 0. The highest BCUT2D eigenvalue weighted by molar-refractivity contribution is 6.33. The number of rotatable bonds is 7. The van der Waals surface area contributed by atoms with Gasteiger partial charge in [-0.2, -0.15) is 0 Å². The number of halogens is 2. The summed E-state index contributed by atoms with van der Waals surface area (Å²) in [5.74, 6) is 0.305. The average Bonchev–Trinajstić information content (AvgIpc) is 3.09. The minimum Gasteiger partial charge on any atom is -0.478 e. The number of aromatic carboxylic acids is 1. The number of carboxylic acids is 1. The van der Waals surface area contributed by atoms with Crippen LogP contribution in [0.1, 0.15) is 21.7 Å². The van der Waals surface area contributed by atoms with Gasteiger partial charge < -0.3 is 14.8 Å². The van der Waals surface area contributed by atoms with Gasteiger partial charge in [-0.25, -0.2) is 4.79 Å². The fourth-order valence-electron chi connectivity index (χ4n) is 2.56. The molecule has 6 heteroatoms. The Labute approximate surface area is 161 Å². The third-order valence-corrected chi connectivity index (χ3v) is 4.52. The van der Waals surface area contributed by atoms with Crippen LogP contribution in [0.4, 0.5) is 0 Å². The summed E-state index contributed by atoms with van der Waals surface area (Å²) in [5, 5.41) is 13.6. The number of carbonyl (C=O) groups is 1. The second kappa shape index (κ2) is 8.41. The van der Waals surface area contributed by atoms with Crippen molar-refractivity contribution in [2.75, 3.05) is 6.54 Å². The number of carboxylic acid groups (broad SMARTS) is 1. The van der Waals surface area contributed by atoms with E-state index in [0.717, 1.165) is 23.7 Å². The number of hydrogen-bond acceptors (Lipinski definition) is 3. The van der Waals surface area contributed by atoms with Gasteiger partial charge in [-0.1, -0.05) is 35.3 Å². The smallest absolute Gasteiger partial charge is 0.335 e. The molecule has 0 saturated heterocycles. The quantitative estimate of drug-likeness (QED) is 0.539. The zero-order valence-electron chi connectivity index (χ0n) is 13.8. The fourth-order valence-corrected chi connectivity index (χ4v) is 2.90. The molecule has 3 rings (SSSR count). The van der Waals surface area contributed by atoms with Gasteiger partial charge in [-0.15, -0.1) is 0 Å². The van der Waals surface area contributed by atoms with E-state index in [1.54, 1.807) is 12.1 Å². The van der Waals surface area contributed by atoms with E-state index in [1.165, 1.54) is 17.7 Å². The van der Waals surface area contributed by atoms with Crippen molar-refractivity contribution in [3.63, 3.8) is 0 Å². The second-order valence-electron chi connectivity index (χ2n) is 5.82. The molecule has 0 saturated carbocycles. The molecule has 0 aliphatic heterocycles. The summed E-state index contributed by atoms with van der Waals surface area (Å²) in [6.07, 6.45) is 0.886.